The van der Waals surface area contributed by atoms with Crippen LogP contribution < -0.4 is 10.0 Å². The van der Waals surface area contributed by atoms with Gasteiger partial charge in [0.15, 0.2) is 5.69 Å². The van der Waals surface area contributed by atoms with Gasteiger partial charge in [0.25, 0.3) is 6.01 Å². The van der Waals surface area contributed by atoms with E-state index < -0.39 is 16.0 Å². The number of hydrogen-bond acceptors (Lipinski definition) is 7. The van der Waals surface area contributed by atoms with Crippen molar-refractivity contribution in [1.29, 1.82) is 0 Å². The Hall–Kier alpha value is -1.61. The molecule has 0 fully saturated rings. The van der Waals surface area contributed by atoms with Gasteiger partial charge in [0, 0.05) is 6.54 Å². The number of ether oxygens (including phenoxy) is 1. The van der Waals surface area contributed by atoms with Crippen LogP contribution in [0.3, 0.4) is 0 Å². The molecule has 0 aliphatic carbocycles. The predicted molar refractivity (Wildman–Crippen MR) is 63.8 cm³/mol. The van der Waals surface area contributed by atoms with Crippen LogP contribution in [-0.4, -0.2) is 45.3 Å². The van der Waals surface area contributed by atoms with E-state index in [1.165, 1.54) is 7.05 Å². The minimum absolute atomic E-state index is 0.0378. The first-order valence-corrected chi connectivity index (χ1v) is 6.91. The SMILES string of the molecule is CCOC(=O)c1coc(NCCS(=O)(=O)NC)n1. The van der Waals surface area contributed by atoms with Gasteiger partial charge in [-0.3, -0.25) is 0 Å². The Morgan fingerprint density at radius 3 is 2.89 bits per heavy atom. The number of hydrogen-bond donors (Lipinski definition) is 2. The summed E-state index contributed by atoms with van der Waals surface area (Å²) in [5.74, 6) is -0.710. The van der Waals surface area contributed by atoms with Gasteiger partial charge in [-0.25, -0.2) is 17.9 Å². The number of carbonyl (C=O) groups excluding carboxylic acids is 1. The van der Waals surface area contributed by atoms with E-state index in [9.17, 15) is 13.2 Å². The average molecular weight is 277 g/mol. The lowest BCUT2D eigenvalue weighted by Crippen LogP contribution is -2.26. The van der Waals surface area contributed by atoms with Crippen LogP contribution in [0.1, 0.15) is 17.4 Å². The molecule has 0 spiro atoms. The maximum absolute atomic E-state index is 11.3. The zero-order valence-electron chi connectivity index (χ0n) is 10.1. The maximum Gasteiger partial charge on any atom is 0.360 e. The van der Waals surface area contributed by atoms with Crippen LogP contribution in [0.25, 0.3) is 0 Å². The molecule has 0 unspecified atom stereocenters. The second kappa shape index (κ2) is 6.36. The van der Waals surface area contributed by atoms with Crippen molar-refractivity contribution >= 4 is 22.0 Å². The molecule has 0 saturated heterocycles. The van der Waals surface area contributed by atoms with Crippen LogP contribution in [0.2, 0.25) is 0 Å². The summed E-state index contributed by atoms with van der Waals surface area (Å²) in [6.07, 6.45) is 1.15. The van der Waals surface area contributed by atoms with Crippen LogP contribution >= 0.6 is 0 Å². The van der Waals surface area contributed by atoms with Crippen LogP contribution in [0.5, 0.6) is 0 Å². The second-order valence-electron chi connectivity index (χ2n) is 3.21. The molecule has 0 bridgehead atoms. The van der Waals surface area contributed by atoms with E-state index in [2.05, 4.69) is 15.0 Å². The van der Waals surface area contributed by atoms with Gasteiger partial charge in [0.05, 0.1) is 12.4 Å². The first-order chi connectivity index (χ1) is 8.48. The molecule has 1 heterocycles. The fourth-order valence-electron chi connectivity index (χ4n) is 1.05. The Morgan fingerprint density at radius 2 is 2.28 bits per heavy atom. The smallest absolute Gasteiger partial charge is 0.360 e. The fourth-order valence-corrected chi connectivity index (χ4v) is 1.62. The summed E-state index contributed by atoms with van der Waals surface area (Å²) in [4.78, 5) is 15.1. The molecule has 0 aromatic carbocycles. The lowest BCUT2D eigenvalue weighted by molar-refractivity contribution is 0.0519. The van der Waals surface area contributed by atoms with Gasteiger partial charge >= 0.3 is 5.97 Å². The van der Waals surface area contributed by atoms with Gasteiger partial charge in [0.2, 0.25) is 10.0 Å². The minimum atomic E-state index is -3.28. The zero-order valence-corrected chi connectivity index (χ0v) is 10.9. The molecule has 1 aromatic rings. The predicted octanol–water partition coefficient (Wildman–Crippen LogP) is -0.188. The molecule has 0 saturated carbocycles. The van der Waals surface area contributed by atoms with Gasteiger partial charge in [-0.15, -0.1) is 0 Å². The zero-order chi connectivity index (χ0) is 13.6. The first-order valence-electron chi connectivity index (χ1n) is 5.26. The highest BCUT2D eigenvalue weighted by molar-refractivity contribution is 7.89. The van der Waals surface area contributed by atoms with Crippen molar-refractivity contribution in [2.75, 3.05) is 31.3 Å². The Labute approximate surface area is 105 Å². The molecule has 0 atom stereocenters. The maximum atomic E-state index is 11.3. The Morgan fingerprint density at radius 1 is 1.56 bits per heavy atom. The summed E-state index contributed by atoms with van der Waals surface area (Å²) in [5, 5.41) is 2.65. The summed E-state index contributed by atoms with van der Waals surface area (Å²) in [6, 6.07) is 0.0735. The molecule has 0 aliphatic rings. The summed E-state index contributed by atoms with van der Waals surface area (Å²) in [7, 11) is -1.95. The van der Waals surface area contributed by atoms with Crippen LogP contribution in [0.4, 0.5) is 6.01 Å². The normalized spacial score (nSPS) is 11.2. The number of carbonyl (C=O) groups is 1. The van der Waals surface area contributed by atoms with Crippen LogP contribution in [0.15, 0.2) is 10.7 Å². The number of anilines is 1. The molecule has 0 aliphatic heterocycles. The summed E-state index contributed by atoms with van der Waals surface area (Å²) < 4.78 is 34.1. The first kappa shape index (κ1) is 14.5. The standard InChI is InChI=1S/C9H15N3O5S/c1-3-16-8(13)7-6-17-9(12-7)11-4-5-18(14,15)10-2/h6,10H,3-5H2,1-2H3,(H,11,12). The van der Waals surface area contributed by atoms with Gasteiger partial charge in [0.1, 0.15) is 6.26 Å². The number of nitrogens with zero attached hydrogens (tertiary/aromatic N) is 1. The molecule has 0 amide bonds. The van der Waals surface area contributed by atoms with Crippen molar-refractivity contribution in [1.82, 2.24) is 9.71 Å². The molecule has 2 N–H and O–H groups in total. The van der Waals surface area contributed by atoms with E-state index in [1.807, 2.05) is 0 Å². The van der Waals surface area contributed by atoms with Crippen molar-refractivity contribution < 1.29 is 22.4 Å². The largest absolute Gasteiger partial charge is 0.461 e. The topological polar surface area (TPSA) is 111 Å². The van der Waals surface area contributed by atoms with E-state index >= 15 is 0 Å². The number of aromatic nitrogens is 1. The molecular formula is C9H15N3O5S. The molecule has 0 radical (unpaired) electrons. The van der Waals surface area contributed by atoms with Crippen molar-refractivity contribution in [3.63, 3.8) is 0 Å². The molecule has 1 aromatic heterocycles. The Kier molecular flexibility index (Phi) is 5.10. The second-order valence-corrected chi connectivity index (χ2v) is 5.25. The van der Waals surface area contributed by atoms with Gasteiger partial charge in [-0.2, -0.15) is 4.98 Å². The van der Waals surface area contributed by atoms with Crippen LogP contribution in [-0.2, 0) is 14.8 Å². The molecule has 8 nitrogen and oxygen atoms in total. The van der Waals surface area contributed by atoms with E-state index in [4.69, 9.17) is 9.15 Å². The third-order valence-corrected chi connectivity index (χ3v) is 3.31. The number of oxazole rings is 1. The van der Waals surface area contributed by atoms with Gasteiger partial charge < -0.3 is 14.5 Å². The third-order valence-electron chi connectivity index (χ3n) is 1.95. The number of nitrogens with one attached hydrogen (secondary N) is 2. The van der Waals surface area contributed by atoms with E-state index in [0.717, 1.165) is 6.26 Å². The number of esters is 1. The van der Waals surface area contributed by atoms with E-state index in [0.29, 0.717) is 0 Å². The van der Waals surface area contributed by atoms with Crippen molar-refractivity contribution in [2.45, 2.75) is 6.92 Å². The minimum Gasteiger partial charge on any atom is -0.461 e. The highest BCUT2D eigenvalue weighted by atomic mass is 32.2. The van der Waals surface area contributed by atoms with Gasteiger partial charge in [-0.1, -0.05) is 0 Å². The fraction of sp³-hybridized carbons (Fsp3) is 0.556. The molecule has 9 heteroatoms. The molecular weight excluding hydrogens is 262 g/mol. The summed E-state index contributed by atoms with van der Waals surface area (Å²) in [6.45, 7) is 2.04. The average Bonchev–Trinajstić information content (AvgIpc) is 2.78. The van der Waals surface area contributed by atoms with Gasteiger partial charge in [-0.05, 0) is 14.0 Å². The highest BCUT2D eigenvalue weighted by Gasteiger charge is 2.13. The number of sulfonamides is 1. The third kappa shape index (κ3) is 4.34. The lowest BCUT2D eigenvalue weighted by Gasteiger charge is -2.02. The Balaban J connectivity index is 2.47. The Bertz CT molecular complexity index is 496. The number of rotatable bonds is 7. The molecule has 18 heavy (non-hydrogen) atoms. The van der Waals surface area contributed by atoms with Crippen molar-refractivity contribution in [3.05, 3.63) is 12.0 Å². The quantitative estimate of drug-likeness (QED) is 0.665. The van der Waals surface area contributed by atoms with Crippen LogP contribution in [0, 0.1) is 0 Å². The monoisotopic (exact) mass is 277 g/mol. The van der Waals surface area contributed by atoms with E-state index in [-0.39, 0.29) is 30.6 Å². The molecule has 1 rings (SSSR count). The summed E-state index contributed by atoms with van der Waals surface area (Å²) >= 11 is 0. The lowest BCUT2D eigenvalue weighted by atomic mass is 10.5. The van der Waals surface area contributed by atoms with E-state index in [1.54, 1.807) is 6.92 Å². The highest BCUT2D eigenvalue weighted by Crippen LogP contribution is 2.08. The molecule has 102 valence electrons. The summed E-state index contributed by atoms with van der Waals surface area (Å²) in [5.41, 5.74) is 0.0378. The van der Waals surface area contributed by atoms with Crippen molar-refractivity contribution in [2.24, 2.45) is 0 Å². The van der Waals surface area contributed by atoms with Crippen molar-refractivity contribution in [3.8, 4) is 0 Å².